The Morgan fingerprint density at radius 1 is 1.05 bits per heavy atom. The highest BCUT2D eigenvalue weighted by atomic mass is 35.5. The molecule has 3 heterocycles. The van der Waals surface area contributed by atoms with E-state index in [1.54, 1.807) is 18.3 Å². The predicted molar refractivity (Wildman–Crippen MR) is 133 cm³/mol. The lowest BCUT2D eigenvalue weighted by Crippen LogP contribution is -2.50. The molecule has 1 atom stereocenters. The minimum Gasteiger partial charge on any atom is -0.377 e. The maximum Gasteiger partial charge on any atom is 0.416 e. The molecule has 0 bridgehead atoms. The molecule has 0 radical (unpaired) electrons. The third-order valence-electron chi connectivity index (χ3n) is 6.14. The molecular weight excluding hydrogens is 509 g/mol. The Morgan fingerprint density at radius 3 is 2.46 bits per heavy atom. The van der Waals surface area contributed by atoms with Gasteiger partial charge >= 0.3 is 6.18 Å². The summed E-state index contributed by atoms with van der Waals surface area (Å²) in [5.74, 6) is -1.07. The summed E-state index contributed by atoms with van der Waals surface area (Å²) in [6, 6.07) is 17.2. The number of anilines is 1. The van der Waals surface area contributed by atoms with Crippen LogP contribution in [0.4, 0.5) is 18.9 Å². The Bertz CT molecular complexity index is 1320. The maximum atomic E-state index is 13.4. The average Bonchev–Trinajstić information content (AvgIpc) is 3.45. The summed E-state index contributed by atoms with van der Waals surface area (Å²) in [7, 11) is 0. The molecule has 1 N–H and O–H groups in total. The maximum absolute atomic E-state index is 13.4. The Balaban J connectivity index is 0.00000320. The Hall–Kier alpha value is -3.76. The summed E-state index contributed by atoms with van der Waals surface area (Å²) in [5, 5.41) is 2.46. The molecule has 1 fully saturated rings. The van der Waals surface area contributed by atoms with Crippen molar-refractivity contribution in [3.63, 3.8) is 0 Å². The van der Waals surface area contributed by atoms with Crippen molar-refractivity contribution in [1.82, 2.24) is 9.88 Å². The molecular formula is C26H22ClF3N4O3. The number of carbonyl (C=O) groups excluding carboxylic acids is 2. The van der Waals surface area contributed by atoms with Gasteiger partial charge in [0.1, 0.15) is 12.3 Å². The van der Waals surface area contributed by atoms with Crippen molar-refractivity contribution in [3.05, 3.63) is 84.1 Å². The summed E-state index contributed by atoms with van der Waals surface area (Å²) in [5.41, 5.74) is 0.546. The topological polar surface area (TPSA) is 83.9 Å². The number of amides is 2. The zero-order valence-corrected chi connectivity index (χ0v) is 20.2. The molecule has 0 aliphatic carbocycles. The molecule has 37 heavy (non-hydrogen) atoms. The van der Waals surface area contributed by atoms with Gasteiger partial charge in [-0.3, -0.25) is 14.6 Å². The van der Waals surface area contributed by atoms with E-state index < -0.39 is 29.2 Å². The van der Waals surface area contributed by atoms with Crippen molar-refractivity contribution in [2.24, 2.45) is 4.99 Å². The number of nitrogens with one attached hydrogen (secondary N) is 1. The molecule has 1 spiro atoms. The predicted octanol–water partition coefficient (Wildman–Crippen LogP) is 4.58. The second kappa shape index (κ2) is 10.3. The first-order valence-electron chi connectivity index (χ1n) is 11.2. The fourth-order valence-corrected chi connectivity index (χ4v) is 4.33. The first-order chi connectivity index (χ1) is 17.2. The second-order valence-electron chi connectivity index (χ2n) is 8.56. The first kappa shape index (κ1) is 26.3. The van der Waals surface area contributed by atoms with E-state index in [1.807, 2.05) is 30.3 Å². The van der Waals surface area contributed by atoms with Crippen LogP contribution in [0.2, 0.25) is 0 Å². The summed E-state index contributed by atoms with van der Waals surface area (Å²) in [4.78, 5) is 36.5. The third-order valence-corrected chi connectivity index (χ3v) is 6.14. The van der Waals surface area contributed by atoms with Gasteiger partial charge in [0.05, 0.1) is 24.5 Å². The molecule has 5 rings (SSSR count). The van der Waals surface area contributed by atoms with Gasteiger partial charge in [0.25, 0.3) is 5.91 Å². The van der Waals surface area contributed by atoms with Crippen molar-refractivity contribution in [2.75, 3.05) is 25.1 Å². The standard InChI is InChI=1S/C26H21F3N4O3.ClH/c27-26(28,29)19-4-3-5-20(14-19)31-22(34)15-33-24(35)23(32-25(33)11-13-36-16-25)18-9-7-17(8-10-18)21-6-1-2-12-30-21;/h1-10,12,14H,11,13,15-16H2,(H,31,34);1H. The molecule has 0 saturated carbocycles. The van der Waals surface area contributed by atoms with E-state index in [0.717, 1.165) is 23.4 Å². The van der Waals surface area contributed by atoms with Crippen LogP contribution in [-0.4, -0.2) is 52.8 Å². The van der Waals surface area contributed by atoms with Gasteiger partial charge in [-0.1, -0.05) is 36.4 Å². The van der Waals surface area contributed by atoms with Crippen molar-refractivity contribution in [2.45, 2.75) is 18.3 Å². The molecule has 2 aromatic carbocycles. The Morgan fingerprint density at radius 2 is 1.81 bits per heavy atom. The van der Waals surface area contributed by atoms with Crippen molar-refractivity contribution in [3.8, 4) is 11.3 Å². The minimum atomic E-state index is -4.54. The molecule has 192 valence electrons. The van der Waals surface area contributed by atoms with E-state index in [2.05, 4.69) is 15.3 Å². The van der Waals surface area contributed by atoms with Gasteiger partial charge in [-0.2, -0.15) is 13.2 Å². The molecule has 3 aromatic rings. The van der Waals surface area contributed by atoms with Gasteiger partial charge in [0.15, 0.2) is 5.66 Å². The zero-order chi connectivity index (χ0) is 25.3. The van der Waals surface area contributed by atoms with Crippen LogP contribution < -0.4 is 5.32 Å². The van der Waals surface area contributed by atoms with E-state index in [4.69, 9.17) is 4.74 Å². The van der Waals surface area contributed by atoms with Gasteiger partial charge in [-0.15, -0.1) is 12.4 Å². The highest BCUT2D eigenvalue weighted by molar-refractivity contribution is 6.47. The van der Waals surface area contributed by atoms with E-state index in [0.29, 0.717) is 18.6 Å². The molecule has 2 aliphatic heterocycles. The number of ether oxygens (including phenoxy) is 1. The van der Waals surface area contributed by atoms with Gasteiger partial charge in [0.2, 0.25) is 5.91 Å². The largest absolute Gasteiger partial charge is 0.416 e. The van der Waals surface area contributed by atoms with Crippen LogP contribution in [-0.2, 0) is 20.5 Å². The molecule has 2 amide bonds. The lowest BCUT2D eigenvalue weighted by atomic mass is 10.0. The zero-order valence-electron chi connectivity index (χ0n) is 19.4. The van der Waals surface area contributed by atoms with E-state index >= 15 is 0 Å². The normalized spacial score (nSPS) is 19.1. The highest BCUT2D eigenvalue weighted by Gasteiger charge is 2.50. The van der Waals surface area contributed by atoms with Crippen LogP contribution in [0.25, 0.3) is 11.3 Å². The van der Waals surface area contributed by atoms with Crippen molar-refractivity contribution >= 4 is 35.6 Å². The second-order valence-corrected chi connectivity index (χ2v) is 8.56. The fraction of sp³-hybridized carbons (Fsp3) is 0.231. The lowest BCUT2D eigenvalue weighted by Gasteiger charge is -2.30. The number of alkyl halides is 3. The van der Waals surface area contributed by atoms with Gasteiger partial charge < -0.3 is 15.0 Å². The van der Waals surface area contributed by atoms with Crippen LogP contribution in [0.1, 0.15) is 17.5 Å². The monoisotopic (exact) mass is 530 g/mol. The van der Waals surface area contributed by atoms with Crippen molar-refractivity contribution < 1.29 is 27.5 Å². The Labute approximate surface area is 216 Å². The molecule has 1 saturated heterocycles. The quantitative estimate of drug-likeness (QED) is 0.523. The molecule has 1 aromatic heterocycles. The SMILES string of the molecule is Cl.O=C(CN1C(=O)C(c2ccc(-c3ccccn3)cc2)=NC12CCOC2)Nc1cccc(C(F)(F)F)c1. The number of rotatable bonds is 5. The van der Waals surface area contributed by atoms with Crippen LogP contribution in [0.3, 0.4) is 0 Å². The summed E-state index contributed by atoms with van der Waals surface area (Å²) >= 11 is 0. The molecule has 11 heteroatoms. The van der Waals surface area contributed by atoms with E-state index in [9.17, 15) is 22.8 Å². The van der Waals surface area contributed by atoms with Gasteiger partial charge in [0, 0.05) is 29.4 Å². The number of aromatic nitrogens is 1. The lowest BCUT2D eigenvalue weighted by molar-refractivity contribution is -0.137. The summed E-state index contributed by atoms with van der Waals surface area (Å²) in [6.45, 7) is 0.122. The molecule has 2 aliphatic rings. The summed E-state index contributed by atoms with van der Waals surface area (Å²) in [6.07, 6.45) is -2.43. The first-order valence-corrected chi connectivity index (χ1v) is 11.2. The van der Waals surface area contributed by atoms with Gasteiger partial charge in [-0.05, 0) is 30.3 Å². The molecule has 7 nitrogen and oxygen atoms in total. The van der Waals surface area contributed by atoms with Crippen LogP contribution >= 0.6 is 12.4 Å². The number of pyridine rings is 1. The van der Waals surface area contributed by atoms with Crippen molar-refractivity contribution in [1.29, 1.82) is 0 Å². The average molecular weight is 531 g/mol. The summed E-state index contributed by atoms with van der Waals surface area (Å²) < 4.78 is 44.5. The number of benzene rings is 2. The Kier molecular flexibility index (Phi) is 7.33. The third kappa shape index (κ3) is 5.35. The van der Waals surface area contributed by atoms with Crippen LogP contribution in [0.5, 0.6) is 0 Å². The van der Waals surface area contributed by atoms with E-state index in [-0.39, 0.29) is 37.0 Å². The minimum absolute atomic E-state index is 0. The van der Waals surface area contributed by atoms with Crippen LogP contribution in [0, 0.1) is 0 Å². The number of carbonyl (C=O) groups is 2. The smallest absolute Gasteiger partial charge is 0.377 e. The number of hydrogen-bond donors (Lipinski definition) is 1. The molecule has 1 unspecified atom stereocenters. The fourth-order valence-electron chi connectivity index (χ4n) is 4.33. The van der Waals surface area contributed by atoms with E-state index in [1.165, 1.54) is 17.0 Å². The number of aliphatic imine (C=N–C) groups is 1. The number of halogens is 4. The van der Waals surface area contributed by atoms with Crippen LogP contribution in [0.15, 0.2) is 77.9 Å². The highest BCUT2D eigenvalue weighted by Crippen LogP contribution is 2.35. The number of nitrogens with zero attached hydrogens (tertiary/aromatic N) is 3. The van der Waals surface area contributed by atoms with Gasteiger partial charge in [-0.25, -0.2) is 4.99 Å². The number of hydrogen-bond acceptors (Lipinski definition) is 5.